The first-order chi connectivity index (χ1) is 25.8. The van der Waals surface area contributed by atoms with Crippen LogP contribution in [0.3, 0.4) is 0 Å². The lowest BCUT2D eigenvalue weighted by atomic mass is 10.1. The molecule has 0 saturated carbocycles. The van der Waals surface area contributed by atoms with Gasteiger partial charge in [-0.1, -0.05) is 86.8 Å². The van der Waals surface area contributed by atoms with Gasteiger partial charge < -0.3 is 9.80 Å². The summed E-state index contributed by atoms with van der Waals surface area (Å²) in [6, 6.07) is 21.9. The molecule has 1 aliphatic heterocycles. The summed E-state index contributed by atoms with van der Waals surface area (Å²) in [6.07, 6.45) is 3.33. The Morgan fingerprint density at radius 1 is 0.889 bits per heavy atom. The molecular formula is C39H40ClN5O7S2. The maximum atomic E-state index is 14.4. The Hall–Kier alpha value is -5.05. The molecule has 4 aromatic carbocycles. The van der Waals surface area contributed by atoms with E-state index in [2.05, 4.69) is 9.82 Å². The summed E-state index contributed by atoms with van der Waals surface area (Å²) in [6.45, 7) is 6.66. The van der Waals surface area contributed by atoms with Crippen molar-refractivity contribution in [2.24, 2.45) is 0 Å². The molecule has 0 aliphatic carbocycles. The average molecular weight is 790 g/mol. The van der Waals surface area contributed by atoms with E-state index >= 15 is 0 Å². The molecule has 54 heavy (non-hydrogen) atoms. The van der Waals surface area contributed by atoms with Gasteiger partial charge in [-0.3, -0.25) is 14.4 Å². The minimum atomic E-state index is -4.36. The van der Waals surface area contributed by atoms with Crippen molar-refractivity contribution < 1.29 is 31.2 Å². The highest BCUT2D eigenvalue weighted by Crippen LogP contribution is 2.31. The number of fused-ring (bicyclic) bond motifs is 2. The number of halogens is 1. The molecule has 282 valence electrons. The van der Waals surface area contributed by atoms with E-state index in [1.807, 2.05) is 26.0 Å². The van der Waals surface area contributed by atoms with Crippen LogP contribution >= 0.6 is 11.6 Å². The topological polar surface area (TPSA) is 156 Å². The third kappa shape index (κ3) is 7.77. The predicted octanol–water partition coefficient (Wildman–Crippen LogP) is 6.54. The summed E-state index contributed by atoms with van der Waals surface area (Å²) in [7, 11) is -8.27. The van der Waals surface area contributed by atoms with Gasteiger partial charge in [-0.05, 0) is 72.5 Å². The molecule has 0 unspecified atom stereocenters. The normalized spacial score (nSPS) is 13.7. The first kappa shape index (κ1) is 38.7. The largest absolute Gasteiger partial charge is 0.337 e. The molecule has 5 aromatic rings. The van der Waals surface area contributed by atoms with Crippen LogP contribution in [0.1, 0.15) is 82.0 Å². The van der Waals surface area contributed by atoms with Crippen LogP contribution in [0.5, 0.6) is 0 Å². The number of carbonyl (C=O) groups is 3. The first-order valence-corrected chi connectivity index (χ1v) is 21.1. The predicted molar refractivity (Wildman–Crippen MR) is 206 cm³/mol. The number of amides is 3. The van der Waals surface area contributed by atoms with Crippen LogP contribution in [0.15, 0.2) is 94.7 Å². The first-order valence-electron chi connectivity index (χ1n) is 17.6. The standard InChI is InChI=1S/C39H40ClN5O7S2/c1-4-6-20-43(21-7-5-2)39(48)36-35(40)26(3)45(41-36)33-19-17-29(37(46)42-54(51,52)31-18-16-27-12-8-9-13-28(27)22-31)23-32(33)38(47)44-24-30-14-10-11-15-34(30)53(49,50)25-44/h8-19,22-23H,4-7,20-21,24-25H2,1-3H3,(H,42,46). The monoisotopic (exact) mass is 789 g/mol. The van der Waals surface area contributed by atoms with Gasteiger partial charge >= 0.3 is 0 Å². The highest BCUT2D eigenvalue weighted by atomic mass is 35.5. The minimum Gasteiger partial charge on any atom is -0.337 e. The molecule has 15 heteroatoms. The fraction of sp³-hybridized carbons (Fsp3) is 0.282. The van der Waals surface area contributed by atoms with Gasteiger partial charge in [-0.15, -0.1) is 0 Å². The van der Waals surface area contributed by atoms with Gasteiger partial charge in [0, 0.05) is 25.2 Å². The Balaban J connectivity index is 1.41. The molecule has 0 atom stereocenters. The zero-order valence-corrected chi connectivity index (χ0v) is 32.5. The molecule has 2 heterocycles. The Labute approximate surface area is 319 Å². The third-order valence-corrected chi connectivity index (χ3v) is 12.9. The number of nitrogens with one attached hydrogen (secondary N) is 1. The van der Waals surface area contributed by atoms with Crippen LogP contribution in [-0.2, 0) is 26.4 Å². The number of sulfonamides is 1. The lowest BCUT2D eigenvalue weighted by Crippen LogP contribution is -2.40. The number of unbranched alkanes of at least 4 members (excludes halogenated alkanes) is 2. The Morgan fingerprint density at radius 3 is 2.26 bits per heavy atom. The van der Waals surface area contributed by atoms with E-state index < -0.39 is 37.6 Å². The molecule has 0 bridgehead atoms. The van der Waals surface area contributed by atoms with E-state index in [0.29, 0.717) is 29.7 Å². The molecule has 0 spiro atoms. The van der Waals surface area contributed by atoms with E-state index in [4.69, 9.17) is 11.6 Å². The SMILES string of the molecule is CCCCN(CCCC)C(=O)c1nn(-c2ccc(C(=O)NS(=O)(=O)c3ccc4ccccc4c3)cc2C(=O)N2Cc3ccccc3S(=O)(=O)C2)c(C)c1Cl. The summed E-state index contributed by atoms with van der Waals surface area (Å²) in [5, 5.41) is 6.13. The smallest absolute Gasteiger partial charge is 0.275 e. The fourth-order valence-corrected chi connectivity index (χ4v) is 9.17. The van der Waals surface area contributed by atoms with E-state index in [1.165, 1.54) is 41.1 Å². The molecule has 1 aliphatic rings. The van der Waals surface area contributed by atoms with Gasteiger partial charge in [-0.2, -0.15) is 5.10 Å². The number of benzene rings is 4. The molecule has 0 radical (unpaired) electrons. The molecule has 1 N–H and O–H groups in total. The van der Waals surface area contributed by atoms with Gasteiger partial charge in [0.15, 0.2) is 15.5 Å². The van der Waals surface area contributed by atoms with Crippen LogP contribution in [-0.4, -0.2) is 73.1 Å². The van der Waals surface area contributed by atoms with Crippen molar-refractivity contribution in [1.82, 2.24) is 24.3 Å². The van der Waals surface area contributed by atoms with E-state index in [1.54, 1.807) is 48.2 Å². The van der Waals surface area contributed by atoms with E-state index in [0.717, 1.165) is 36.0 Å². The number of nitrogens with zero attached hydrogens (tertiary/aromatic N) is 4. The highest BCUT2D eigenvalue weighted by molar-refractivity contribution is 7.91. The second kappa shape index (κ2) is 15.7. The lowest BCUT2D eigenvalue weighted by molar-refractivity contribution is 0.0743. The second-order valence-corrected chi connectivity index (χ2v) is 17.2. The van der Waals surface area contributed by atoms with Crippen molar-refractivity contribution in [2.75, 3.05) is 19.0 Å². The van der Waals surface area contributed by atoms with Crippen molar-refractivity contribution in [3.63, 3.8) is 0 Å². The maximum absolute atomic E-state index is 14.4. The summed E-state index contributed by atoms with van der Waals surface area (Å²) < 4.78 is 56.8. The van der Waals surface area contributed by atoms with E-state index in [9.17, 15) is 31.2 Å². The van der Waals surface area contributed by atoms with Crippen LogP contribution in [0.2, 0.25) is 5.02 Å². The molecular weight excluding hydrogens is 750 g/mol. The fourth-order valence-electron chi connectivity index (χ4n) is 6.39. The summed E-state index contributed by atoms with van der Waals surface area (Å²) in [4.78, 5) is 44.7. The number of rotatable bonds is 12. The molecule has 1 aromatic heterocycles. The average Bonchev–Trinajstić information content (AvgIpc) is 3.46. The number of hydrogen-bond acceptors (Lipinski definition) is 8. The van der Waals surface area contributed by atoms with Crippen molar-refractivity contribution in [3.8, 4) is 5.69 Å². The minimum absolute atomic E-state index is 0.0162. The quantitative estimate of drug-likeness (QED) is 0.150. The molecule has 6 rings (SSSR count). The third-order valence-electron chi connectivity index (χ3n) is 9.35. The molecule has 3 amide bonds. The summed E-state index contributed by atoms with van der Waals surface area (Å²) >= 11 is 6.76. The highest BCUT2D eigenvalue weighted by Gasteiger charge is 2.34. The zero-order chi connectivity index (χ0) is 38.8. The maximum Gasteiger partial charge on any atom is 0.275 e. The van der Waals surface area contributed by atoms with Crippen molar-refractivity contribution in [1.29, 1.82) is 0 Å². The van der Waals surface area contributed by atoms with Gasteiger partial charge in [0.2, 0.25) is 0 Å². The summed E-state index contributed by atoms with van der Waals surface area (Å²) in [5.41, 5.74) is 0.488. The number of hydrogen-bond donors (Lipinski definition) is 1. The molecule has 0 fully saturated rings. The number of carbonyl (C=O) groups excluding carboxylic acids is 3. The Bertz CT molecular complexity index is 2490. The number of aromatic nitrogens is 2. The van der Waals surface area contributed by atoms with Crippen molar-refractivity contribution in [3.05, 3.63) is 118 Å². The molecule has 0 saturated heterocycles. The summed E-state index contributed by atoms with van der Waals surface area (Å²) in [5.74, 6) is -2.79. The van der Waals surface area contributed by atoms with Crippen LogP contribution in [0.4, 0.5) is 0 Å². The Kier molecular flexibility index (Phi) is 11.3. The van der Waals surface area contributed by atoms with Gasteiger partial charge in [0.25, 0.3) is 27.7 Å². The Morgan fingerprint density at radius 2 is 1.56 bits per heavy atom. The van der Waals surface area contributed by atoms with Gasteiger partial charge in [0.05, 0.1) is 31.8 Å². The van der Waals surface area contributed by atoms with Crippen molar-refractivity contribution >= 4 is 60.0 Å². The van der Waals surface area contributed by atoms with Crippen LogP contribution in [0.25, 0.3) is 16.5 Å². The zero-order valence-electron chi connectivity index (χ0n) is 30.1. The van der Waals surface area contributed by atoms with E-state index in [-0.39, 0.29) is 49.8 Å². The molecule has 12 nitrogen and oxygen atoms in total. The van der Waals surface area contributed by atoms with Gasteiger partial charge in [-0.25, -0.2) is 26.2 Å². The lowest BCUT2D eigenvalue weighted by Gasteiger charge is -2.29. The second-order valence-electron chi connectivity index (χ2n) is 13.2. The number of sulfone groups is 1. The van der Waals surface area contributed by atoms with Crippen molar-refractivity contribution in [2.45, 2.75) is 62.8 Å². The van der Waals surface area contributed by atoms with Gasteiger partial charge in [0.1, 0.15) is 5.88 Å². The van der Waals surface area contributed by atoms with Crippen LogP contribution < -0.4 is 4.72 Å². The van der Waals surface area contributed by atoms with Crippen LogP contribution in [0, 0.1) is 6.92 Å².